The number of hydrogen-bond acceptors (Lipinski definition) is 7. The second-order valence-corrected chi connectivity index (χ2v) is 15.9. The molecule has 7 nitrogen and oxygen atoms in total. The van der Waals surface area contributed by atoms with Crippen LogP contribution < -0.4 is 0 Å². The number of rotatable bonds is 10. The van der Waals surface area contributed by atoms with Crippen LogP contribution in [0.2, 0.25) is 0 Å². The van der Waals surface area contributed by atoms with Gasteiger partial charge in [0.15, 0.2) is 23.3 Å². The Kier molecular flexibility index (Phi) is 10.5. The molecular weight excluding hydrogens is 809 g/mol. The lowest BCUT2D eigenvalue weighted by atomic mass is 9.98. The van der Waals surface area contributed by atoms with Crippen LogP contribution in [0.5, 0.6) is 0 Å². The first kappa shape index (κ1) is 39.9. The number of fused-ring (bicyclic) bond motifs is 3. The van der Waals surface area contributed by atoms with Gasteiger partial charge in [-0.05, 0) is 53.9 Å². The normalized spacial score (nSPS) is 11.4. The smallest absolute Gasteiger partial charge is 0.164 e. The first-order valence-corrected chi connectivity index (χ1v) is 21.8. The van der Waals surface area contributed by atoms with E-state index in [1.807, 2.05) is 128 Å². The largest absolute Gasteiger partial charge is 0.456 e. The van der Waals surface area contributed by atoms with Crippen molar-refractivity contribution in [2.75, 3.05) is 0 Å². The van der Waals surface area contributed by atoms with Gasteiger partial charge < -0.3 is 4.42 Å². The van der Waals surface area contributed by atoms with Crippen molar-refractivity contribution in [3.05, 3.63) is 212 Å². The van der Waals surface area contributed by atoms with Crippen molar-refractivity contribution >= 4 is 39.9 Å². The van der Waals surface area contributed by atoms with Gasteiger partial charge in [-0.1, -0.05) is 183 Å². The molecule has 3 aromatic heterocycles. The number of para-hydroxylation sites is 1. The van der Waals surface area contributed by atoms with Crippen LogP contribution in [0, 0.1) is 0 Å². The molecule has 312 valence electrons. The van der Waals surface area contributed by atoms with Crippen LogP contribution in [0.15, 0.2) is 216 Å². The maximum atomic E-state index is 6.50. The van der Waals surface area contributed by atoms with Gasteiger partial charge in [-0.2, -0.15) is 0 Å². The second-order valence-electron chi connectivity index (χ2n) is 15.9. The summed E-state index contributed by atoms with van der Waals surface area (Å²) in [5.74, 6) is 2.42. The molecule has 0 radical (unpaired) electrons. The molecule has 0 saturated heterocycles. The van der Waals surface area contributed by atoms with Crippen molar-refractivity contribution < 1.29 is 4.42 Å². The van der Waals surface area contributed by atoms with Crippen LogP contribution >= 0.6 is 0 Å². The molecule has 3 heterocycles. The van der Waals surface area contributed by atoms with Crippen molar-refractivity contribution in [3.63, 3.8) is 0 Å². The van der Waals surface area contributed by atoms with E-state index >= 15 is 0 Å². The van der Waals surface area contributed by atoms with E-state index < -0.39 is 0 Å². The zero-order valence-corrected chi connectivity index (χ0v) is 36.0. The highest BCUT2D eigenvalue weighted by Gasteiger charge is 2.19. The van der Waals surface area contributed by atoms with Gasteiger partial charge in [0.1, 0.15) is 11.2 Å². The van der Waals surface area contributed by atoms with Crippen molar-refractivity contribution in [2.24, 2.45) is 4.99 Å². The Morgan fingerprint density at radius 2 is 0.924 bits per heavy atom. The Hall–Kier alpha value is -8.94. The molecule has 0 atom stereocenters. The summed E-state index contributed by atoms with van der Waals surface area (Å²) in [6.45, 7) is 5.93. The van der Waals surface area contributed by atoms with Gasteiger partial charge in [-0.25, -0.2) is 24.9 Å². The second kappa shape index (κ2) is 17.3. The number of benzene rings is 8. The fraction of sp³-hybridized carbons (Fsp3) is 0.0169. The molecule has 0 aliphatic carbocycles. The first-order chi connectivity index (χ1) is 32.6. The van der Waals surface area contributed by atoms with E-state index in [1.54, 1.807) is 0 Å². The van der Waals surface area contributed by atoms with Gasteiger partial charge in [0.25, 0.3) is 0 Å². The summed E-state index contributed by atoms with van der Waals surface area (Å²) in [5, 5.41) is 1.91. The van der Waals surface area contributed by atoms with Crippen LogP contribution in [0.1, 0.15) is 12.5 Å². The standard InChI is InChI=1S/C59H40N6O/c1-3-38-23-15-26-47(55(38)60-4-2)39-29-31-43(32-30-39)56-61-50(40-17-8-5-9-18-40)37-51(62-56)46-25-14-24-44(35-46)45-33-34-52-49(36-45)54-48(27-16-28-53(54)66-52)59-64-57(41-19-10-6-11-20-41)63-58(65-59)42-21-12-7-13-22-42/h3-37H,1H2,2H3. The molecule has 11 rings (SSSR count). The highest BCUT2D eigenvalue weighted by Crippen LogP contribution is 2.40. The fourth-order valence-corrected chi connectivity index (χ4v) is 8.49. The Balaban J connectivity index is 1.00. The zero-order valence-electron chi connectivity index (χ0n) is 36.0. The fourth-order valence-electron chi connectivity index (χ4n) is 8.49. The third-order valence-corrected chi connectivity index (χ3v) is 11.7. The number of furan rings is 1. The maximum Gasteiger partial charge on any atom is 0.164 e. The molecule has 0 saturated carbocycles. The van der Waals surface area contributed by atoms with E-state index in [4.69, 9.17) is 29.3 Å². The molecule has 8 aromatic carbocycles. The Labute approximate surface area is 382 Å². The topological polar surface area (TPSA) is 90.0 Å². The van der Waals surface area contributed by atoms with E-state index in [-0.39, 0.29) is 0 Å². The monoisotopic (exact) mass is 848 g/mol. The summed E-state index contributed by atoms with van der Waals surface area (Å²) in [7, 11) is 0. The third kappa shape index (κ3) is 7.65. The summed E-state index contributed by atoms with van der Waals surface area (Å²) in [6.07, 6.45) is 3.66. The lowest BCUT2D eigenvalue weighted by Gasteiger charge is -2.12. The molecule has 0 N–H and O–H groups in total. The summed E-state index contributed by atoms with van der Waals surface area (Å²) >= 11 is 0. The summed E-state index contributed by atoms with van der Waals surface area (Å²) < 4.78 is 6.50. The minimum atomic E-state index is 0.573. The van der Waals surface area contributed by atoms with Crippen molar-refractivity contribution in [3.8, 4) is 90.3 Å². The van der Waals surface area contributed by atoms with Gasteiger partial charge >= 0.3 is 0 Å². The van der Waals surface area contributed by atoms with E-state index in [9.17, 15) is 0 Å². The van der Waals surface area contributed by atoms with E-state index in [1.165, 1.54) is 0 Å². The lowest BCUT2D eigenvalue weighted by Crippen LogP contribution is -2.00. The quantitative estimate of drug-likeness (QED) is 0.127. The maximum absolute atomic E-state index is 6.50. The third-order valence-electron chi connectivity index (χ3n) is 11.7. The zero-order chi connectivity index (χ0) is 44.4. The molecule has 7 heteroatoms. The minimum Gasteiger partial charge on any atom is -0.456 e. The van der Waals surface area contributed by atoms with Crippen molar-refractivity contribution in [1.29, 1.82) is 0 Å². The molecular formula is C59H40N6O. The van der Waals surface area contributed by atoms with Crippen molar-refractivity contribution in [1.82, 2.24) is 24.9 Å². The van der Waals surface area contributed by atoms with Gasteiger partial charge in [0.2, 0.25) is 0 Å². The number of aliphatic imine (C=N–C) groups is 1. The molecule has 0 bridgehead atoms. The van der Waals surface area contributed by atoms with Crippen molar-refractivity contribution in [2.45, 2.75) is 6.92 Å². The summed E-state index contributed by atoms with van der Waals surface area (Å²) in [4.78, 5) is 30.1. The van der Waals surface area contributed by atoms with Gasteiger partial charge in [-0.3, -0.25) is 4.99 Å². The van der Waals surface area contributed by atoms with E-state index in [2.05, 4.69) is 103 Å². The Morgan fingerprint density at radius 3 is 1.61 bits per heavy atom. The lowest BCUT2D eigenvalue weighted by molar-refractivity contribution is 0.669. The number of hydrogen-bond donors (Lipinski definition) is 0. The van der Waals surface area contributed by atoms with Crippen LogP contribution in [-0.2, 0) is 0 Å². The first-order valence-electron chi connectivity index (χ1n) is 21.8. The highest BCUT2D eigenvalue weighted by atomic mass is 16.3. The minimum absolute atomic E-state index is 0.573. The average Bonchev–Trinajstić information content (AvgIpc) is 3.78. The number of nitrogens with zero attached hydrogens (tertiary/aromatic N) is 6. The van der Waals surface area contributed by atoms with Gasteiger partial charge in [0.05, 0.1) is 17.1 Å². The molecule has 0 amide bonds. The van der Waals surface area contributed by atoms with Crippen LogP contribution in [0.3, 0.4) is 0 Å². The van der Waals surface area contributed by atoms with Crippen LogP contribution in [0.4, 0.5) is 5.69 Å². The van der Waals surface area contributed by atoms with Crippen LogP contribution in [-0.4, -0.2) is 31.1 Å². The predicted molar refractivity (Wildman–Crippen MR) is 270 cm³/mol. The van der Waals surface area contributed by atoms with Gasteiger partial charge in [0, 0.05) is 61.5 Å². The molecule has 0 aliphatic rings. The SMILES string of the molecule is C=Cc1cccc(-c2ccc(-c3nc(-c4ccccc4)cc(-c4cccc(-c5ccc6oc7cccc(-c8nc(-c9ccccc9)nc(-c9ccccc9)n8)c7c6c5)c4)n3)cc2)c1N=CC. The highest BCUT2D eigenvalue weighted by molar-refractivity contribution is 6.13. The average molecular weight is 849 g/mol. The van der Waals surface area contributed by atoms with E-state index in [0.717, 1.165) is 100 Å². The van der Waals surface area contributed by atoms with Crippen LogP contribution in [0.25, 0.3) is 118 Å². The Bertz CT molecular complexity index is 3540. The molecule has 11 aromatic rings. The summed E-state index contributed by atoms with van der Waals surface area (Å²) in [5.41, 5.74) is 14.8. The molecule has 0 fully saturated rings. The predicted octanol–water partition coefficient (Wildman–Crippen LogP) is 15.3. The summed E-state index contributed by atoms with van der Waals surface area (Å²) in [6, 6.07) is 67.9. The van der Waals surface area contributed by atoms with Gasteiger partial charge in [-0.15, -0.1) is 0 Å². The Morgan fingerprint density at radius 1 is 0.409 bits per heavy atom. The number of aromatic nitrogens is 5. The molecule has 0 unspecified atom stereocenters. The van der Waals surface area contributed by atoms with E-state index in [0.29, 0.717) is 23.3 Å². The molecule has 0 aliphatic heterocycles. The molecule has 66 heavy (non-hydrogen) atoms. The molecule has 0 spiro atoms.